The number of ketones is 1. The Morgan fingerprint density at radius 2 is 1.89 bits per heavy atom. The molecule has 0 aliphatic rings. The first-order valence-corrected chi connectivity index (χ1v) is 5.67. The van der Waals surface area contributed by atoms with E-state index in [1.165, 1.54) is 12.3 Å². The van der Waals surface area contributed by atoms with Crippen LogP contribution in [0.1, 0.15) is 33.3 Å². The number of H-pyrrole nitrogens is 1. The molecule has 0 fully saturated rings. The summed E-state index contributed by atoms with van der Waals surface area (Å²) in [6, 6.07) is 10.4. The minimum atomic E-state index is -0.454. The standard InChI is InChI=1S/C14H13NO3/c1-2-18-14(17)12-8-11(9-15-12)13(16)10-6-4-3-5-7-10/h3-9,15H,2H2,1H3. The summed E-state index contributed by atoms with van der Waals surface area (Å²) in [5, 5.41) is 0. The summed E-state index contributed by atoms with van der Waals surface area (Å²) in [4.78, 5) is 26.3. The first kappa shape index (κ1) is 12.1. The van der Waals surface area contributed by atoms with Gasteiger partial charge in [-0.1, -0.05) is 30.3 Å². The molecule has 18 heavy (non-hydrogen) atoms. The maximum absolute atomic E-state index is 12.1. The van der Waals surface area contributed by atoms with Crippen molar-refractivity contribution in [3.8, 4) is 0 Å². The minimum Gasteiger partial charge on any atom is -0.461 e. The van der Waals surface area contributed by atoms with Gasteiger partial charge < -0.3 is 9.72 Å². The number of aromatic nitrogens is 1. The minimum absolute atomic E-state index is 0.123. The van der Waals surface area contributed by atoms with Crippen LogP contribution in [0.3, 0.4) is 0 Å². The zero-order valence-electron chi connectivity index (χ0n) is 9.97. The van der Waals surface area contributed by atoms with Crippen LogP contribution in [0.5, 0.6) is 0 Å². The molecule has 0 bridgehead atoms. The van der Waals surface area contributed by atoms with Crippen LogP contribution in [0.4, 0.5) is 0 Å². The van der Waals surface area contributed by atoms with E-state index in [-0.39, 0.29) is 11.5 Å². The zero-order chi connectivity index (χ0) is 13.0. The Hall–Kier alpha value is -2.36. The summed E-state index contributed by atoms with van der Waals surface area (Å²) >= 11 is 0. The molecular formula is C14H13NO3. The van der Waals surface area contributed by atoms with Crippen LogP contribution in [0.15, 0.2) is 42.6 Å². The molecule has 92 valence electrons. The third kappa shape index (κ3) is 2.48. The SMILES string of the molecule is CCOC(=O)c1cc(C(=O)c2ccccc2)c[nH]1. The summed E-state index contributed by atoms with van der Waals surface area (Å²) in [6.07, 6.45) is 1.52. The van der Waals surface area contributed by atoms with Gasteiger partial charge in [0.25, 0.3) is 0 Å². The summed E-state index contributed by atoms with van der Waals surface area (Å²) in [7, 11) is 0. The summed E-state index contributed by atoms with van der Waals surface area (Å²) in [5.41, 5.74) is 1.33. The van der Waals surface area contributed by atoms with Crippen LogP contribution in [0.2, 0.25) is 0 Å². The fourth-order valence-electron chi connectivity index (χ4n) is 1.61. The normalized spacial score (nSPS) is 10.1. The average molecular weight is 243 g/mol. The van der Waals surface area contributed by atoms with Crippen LogP contribution in [-0.2, 0) is 4.74 Å². The molecule has 1 aromatic heterocycles. The highest BCUT2D eigenvalue weighted by molar-refractivity contribution is 6.09. The van der Waals surface area contributed by atoms with E-state index in [0.717, 1.165) is 0 Å². The number of aromatic amines is 1. The lowest BCUT2D eigenvalue weighted by atomic mass is 10.1. The largest absolute Gasteiger partial charge is 0.461 e. The molecule has 0 atom stereocenters. The Labute approximate surface area is 105 Å². The molecule has 1 aromatic carbocycles. The summed E-state index contributed by atoms with van der Waals surface area (Å²) in [6.45, 7) is 2.04. The lowest BCUT2D eigenvalue weighted by Crippen LogP contribution is -2.04. The van der Waals surface area contributed by atoms with Crippen LogP contribution < -0.4 is 0 Å². The Morgan fingerprint density at radius 3 is 2.56 bits per heavy atom. The number of nitrogens with one attached hydrogen (secondary N) is 1. The molecule has 0 unspecified atom stereocenters. The highest BCUT2D eigenvalue weighted by Gasteiger charge is 2.14. The number of hydrogen-bond acceptors (Lipinski definition) is 3. The van der Waals surface area contributed by atoms with E-state index >= 15 is 0 Å². The quantitative estimate of drug-likeness (QED) is 0.662. The van der Waals surface area contributed by atoms with Crippen LogP contribution >= 0.6 is 0 Å². The van der Waals surface area contributed by atoms with E-state index < -0.39 is 5.97 Å². The van der Waals surface area contributed by atoms with E-state index in [1.54, 1.807) is 31.2 Å². The van der Waals surface area contributed by atoms with E-state index in [2.05, 4.69) is 4.98 Å². The third-order valence-electron chi connectivity index (χ3n) is 2.48. The van der Waals surface area contributed by atoms with Gasteiger partial charge in [0.15, 0.2) is 5.78 Å². The van der Waals surface area contributed by atoms with Gasteiger partial charge in [-0.25, -0.2) is 4.79 Å². The zero-order valence-corrected chi connectivity index (χ0v) is 9.97. The van der Waals surface area contributed by atoms with Crippen LogP contribution in [0.25, 0.3) is 0 Å². The molecule has 4 nitrogen and oxygen atoms in total. The van der Waals surface area contributed by atoms with Crippen molar-refractivity contribution >= 4 is 11.8 Å². The molecule has 1 N–H and O–H groups in total. The molecule has 1 heterocycles. The maximum Gasteiger partial charge on any atom is 0.354 e. The Morgan fingerprint density at radius 1 is 1.17 bits per heavy atom. The average Bonchev–Trinajstić information content (AvgIpc) is 2.89. The molecule has 0 radical (unpaired) electrons. The van der Waals surface area contributed by atoms with Gasteiger partial charge in [-0.3, -0.25) is 4.79 Å². The molecule has 0 spiro atoms. The predicted molar refractivity (Wildman–Crippen MR) is 66.6 cm³/mol. The van der Waals surface area contributed by atoms with Crippen molar-refractivity contribution < 1.29 is 14.3 Å². The van der Waals surface area contributed by atoms with Gasteiger partial charge in [-0.05, 0) is 13.0 Å². The van der Waals surface area contributed by atoms with E-state index in [1.807, 2.05) is 6.07 Å². The molecule has 0 aliphatic heterocycles. The van der Waals surface area contributed by atoms with Crippen molar-refractivity contribution in [3.63, 3.8) is 0 Å². The monoisotopic (exact) mass is 243 g/mol. The third-order valence-corrected chi connectivity index (χ3v) is 2.48. The number of hydrogen-bond donors (Lipinski definition) is 1. The van der Waals surface area contributed by atoms with Gasteiger partial charge in [0.1, 0.15) is 5.69 Å². The lowest BCUT2D eigenvalue weighted by Gasteiger charge is -1.97. The van der Waals surface area contributed by atoms with Crippen molar-refractivity contribution in [2.75, 3.05) is 6.61 Å². The first-order valence-electron chi connectivity index (χ1n) is 5.67. The second-order valence-electron chi connectivity index (χ2n) is 3.72. The number of carbonyl (C=O) groups is 2. The number of benzene rings is 1. The molecule has 4 heteroatoms. The van der Waals surface area contributed by atoms with Crippen molar-refractivity contribution in [2.45, 2.75) is 6.92 Å². The molecule has 2 aromatic rings. The molecule has 0 amide bonds. The Bertz CT molecular complexity index is 557. The lowest BCUT2D eigenvalue weighted by molar-refractivity contribution is 0.0520. The molecule has 0 saturated carbocycles. The van der Waals surface area contributed by atoms with Crippen molar-refractivity contribution in [1.29, 1.82) is 0 Å². The number of esters is 1. The van der Waals surface area contributed by atoms with Gasteiger partial charge in [-0.15, -0.1) is 0 Å². The first-order chi connectivity index (χ1) is 8.72. The topological polar surface area (TPSA) is 59.2 Å². The van der Waals surface area contributed by atoms with E-state index in [4.69, 9.17) is 4.74 Å². The highest BCUT2D eigenvalue weighted by Crippen LogP contribution is 2.11. The van der Waals surface area contributed by atoms with Gasteiger partial charge in [0.2, 0.25) is 0 Å². The van der Waals surface area contributed by atoms with Gasteiger partial charge in [0.05, 0.1) is 6.61 Å². The molecule has 0 aliphatic carbocycles. The number of rotatable bonds is 4. The maximum atomic E-state index is 12.1. The van der Waals surface area contributed by atoms with Gasteiger partial charge in [-0.2, -0.15) is 0 Å². The fraction of sp³-hybridized carbons (Fsp3) is 0.143. The summed E-state index contributed by atoms with van der Waals surface area (Å²) < 4.78 is 4.85. The Balaban J connectivity index is 2.20. The van der Waals surface area contributed by atoms with E-state index in [0.29, 0.717) is 17.7 Å². The second kappa shape index (κ2) is 5.31. The molecule has 2 rings (SSSR count). The predicted octanol–water partition coefficient (Wildman–Crippen LogP) is 2.42. The fourth-order valence-corrected chi connectivity index (χ4v) is 1.61. The van der Waals surface area contributed by atoms with Crippen LogP contribution in [-0.4, -0.2) is 23.3 Å². The molecular weight excluding hydrogens is 230 g/mol. The number of ether oxygens (including phenoxy) is 1. The van der Waals surface area contributed by atoms with Gasteiger partial charge in [0, 0.05) is 17.3 Å². The van der Waals surface area contributed by atoms with Gasteiger partial charge >= 0.3 is 5.97 Å². The Kier molecular flexibility index (Phi) is 3.57. The van der Waals surface area contributed by atoms with Crippen LogP contribution in [0, 0.1) is 0 Å². The van der Waals surface area contributed by atoms with E-state index in [9.17, 15) is 9.59 Å². The molecule has 0 saturated heterocycles. The van der Waals surface area contributed by atoms with Crippen molar-refractivity contribution in [3.05, 3.63) is 59.4 Å². The summed E-state index contributed by atoms with van der Waals surface area (Å²) in [5.74, 6) is -0.577. The highest BCUT2D eigenvalue weighted by atomic mass is 16.5. The smallest absolute Gasteiger partial charge is 0.354 e. The van der Waals surface area contributed by atoms with Crippen molar-refractivity contribution in [2.24, 2.45) is 0 Å². The second-order valence-corrected chi connectivity index (χ2v) is 3.72. The number of carbonyl (C=O) groups excluding carboxylic acids is 2. The van der Waals surface area contributed by atoms with Crippen molar-refractivity contribution in [1.82, 2.24) is 4.98 Å².